The summed E-state index contributed by atoms with van der Waals surface area (Å²) >= 11 is 0. The SMILES string of the molecule is Cc1cc(C)cc(COCC2(N)CCCCC2)c1. The number of aryl methyl sites for hydroxylation is 2. The van der Waals surface area contributed by atoms with Gasteiger partial charge in [-0.15, -0.1) is 0 Å². The fourth-order valence-electron chi connectivity index (χ4n) is 2.92. The van der Waals surface area contributed by atoms with Crippen molar-refractivity contribution in [2.45, 2.75) is 58.1 Å². The zero-order chi connectivity index (χ0) is 13.0. The molecule has 2 rings (SSSR count). The Morgan fingerprint density at radius 2 is 1.67 bits per heavy atom. The van der Waals surface area contributed by atoms with E-state index >= 15 is 0 Å². The summed E-state index contributed by atoms with van der Waals surface area (Å²) < 4.78 is 5.85. The largest absolute Gasteiger partial charge is 0.375 e. The number of ether oxygens (including phenoxy) is 1. The molecule has 0 amide bonds. The van der Waals surface area contributed by atoms with Gasteiger partial charge < -0.3 is 10.5 Å². The second-order valence-corrected chi connectivity index (χ2v) is 5.91. The maximum Gasteiger partial charge on any atom is 0.0718 e. The molecule has 0 bridgehead atoms. The van der Waals surface area contributed by atoms with Crippen molar-refractivity contribution in [3.05, 3.63) is 34.9 Å². The second kappa shape index (κ2) is 5.85. The van der Waals surface area contributed by atoms with Gasteiger partial charge in [0.05, 0.1) is 13.2 Å². The maximum atomic E-state index is 6.36. The lowest BCUT2D eigenvalue weighted by molar-refractivity contribution is 0.0574. The first kappa shape index (κ1) is 13.6. The van der Waals surface area contributed by atoms with Crippen LogP contribution in [0.5, 0.6) is 0 Å². The molecule has 0 atom stereocenters. The Bertz CT molecular complexity index is 374. The molecule has 0 saturated heterocycles. The summed E-state index contributed by atoms with van der Waals surface area (Å²) in [6.07, 6.45) is 6.06. The van der Waals surface area contributed by atoms with Crippen LogP contribution in [0.3, 0.4) is 0 Å². The fourth-order valence-corrected chi connectivity index (χ4v) is 2.92. The Kier molecular flexibility index (Phi) is 4.41. The second-order valence-electron chi connectivity index (χ2n) is 5.91. The predicted molar refractivity (Wildman–Crippen MR) is 75.6 cm³/mol. The molecule has 1 saturated carbocycles. The summed E-state index contributed by atoms with van der Waals surface area (Å²) in [5.74, 6) is 0. The molecule has 2 nitrogen and oxygen atoms in total. The third-order valence-electron chi connectivity index (χ3n) is 3.79. The standard InChI is InChI=1S/C16H25NO/c1-13-8-14(2)10-15(9-13)11-18-12-16(17)6-4-3-5-7-16/h8-10H,3-7,11-12,17H2,1-2H3. The lowest BCUT2D eigenvalue weighted by Crippen LogP contribution is -2.46. The van der Waals surface area contributed by atoms with Crippen LogP contribution < -0.4 is 5.73 Å². The van der Waals surface area contributed by atoms with Gasteiger partial charge in [-0.05, 0) is 32.3 Å². The lowest BCUT2D eigenvalue weighted by Gasteiger charge is -2.33. The Hall–Kier alpha value is -0.860. The molecule has 100 valence electrons. The Morgan fingerprint density at radius 3 is 2.28 bits per heavy atom. The van der Waals surface area contributed by atoms with Gasteiger partial charge in [0.2, 0.25) is 0 Å². The van der Waals surface area contributed by atoms with Crippen molar-refractivity contribution >= 4 is 0 Å². The van der Waals surface area contributed by atoms with Crippen LogP contribution in [-0.4, -0.2) is 12.1 Å². The summed E-state index contributed by atoms with van der Waals surface area (Å²) in [5.41, 5.74) is 10.1. The van der Waals surface area contributed by atoms with Gasteiger partial charge in [0, 0.05) is 5.54 Å². The van der Waals surface area contributed by atoms with Crippen LogP contribution in [0.1, 0.15) is 48.8 Å². The van der Waals surface area contributed by atoms with Gasteiger partial charge in [-0.3, -0.25) is 0 Å². The number of benzene rings is 1. The topological polar surface area (TPSA) is 35.2 Å². The molecule has 0 spiro atoms. The van der Waals surface area contributed by atoms with E-state index in [1.807, 2.05) is 0 Å². The number of rotatable bonds is 4. The summed E-state index contributed by atoms with van der Waals surface area (Å²) in [6.45, 7) is 5.63. The predicted octanol–water partition coefficient (Wildman–Crippen LogP) is 3.48. The average molecular weight is 247 g/mol. The van der Waals surface area contributed by atoms with Crippen LogP contribution in [0.2, 0.25) is 0 Å². The summed E-state index contributed by atoms with van der Waals surface area (Å²) in [7, 11) is 0. The highest BCUT2D eigenvalue weighted by molar-refractivity contribution is 5.28. The molecule has 1 aromatic carbocycles. The summed E-state index contributed by atoms with van der Waals surface area (Å²) in [6, 6.07) is 6.57. The molecule has 0 aromatic heterocycles. The highest BCUT2D eigenvalue weighted by Crippen LogP contribution is 2.26. The van der Waals surface area contributed by atoms with Gasteiger partial charge in [0.25, 0.3) is 0 Å². The molecular weight excluding hydrogens is 222 g/mol. The van der Waals surface area contributed by atoms with Crippen LogP contribution in [0.4, 0.5) is 0 Å². The van der Waals surface area contributed by atoms with Crippen LogP contribution in [0, 0.1) is 13.8 Å². The molecule has 18 heavy (non-hydrogen) atoms. The van der Waals surface area contributed by atoms with Gasteiger partial charge in [-0.2, -0.15) is 0 Å². The first-order valence-corrected chi connectivity index (χ1v) is 7.01. The highest BCUT2D eigenvalue weighted by atomic mass is 16.5. The van der Waals surface area contributed by atoms with Gasteiger partial charge in [-0.25, -0.2) is 0 Å². The lowest BCUT2D eigenvalue weighted by atomic mass is 9.83. The molecule has 1 aromatic rings. The van der Waals surface area contributed by atoms with Crippen molar-refractivity contribution in [1.29, 1.82) is 0 Å². The van der Waals surface area contributed by atoms with Crippen molar-refractivity contribution in [3.8, 4) is 0 Å². The molecule has 2 heteroatoms. The van der Waals surface area contributed by atoms with Crippen molar-refractivity contribution in [3.63, 3.8) is 0 Å². The maximum absolute atomic E-state index is 6.36. The summed E-state index contributed by atoms with van der Waals surface area (Å²) in [5, 5.41) is 0. The van der Waals surface area contributed by atoms with Crippen LogP contribution in [0.25, 0.3) is 0 Å². The van der Waals surface area contributed by atoms with Crippen LogP contribution >= 0.6 is 0 Å². The van der Waals surface area contributed by atoms with Crippen LogP contribution in [0.15, 0.2) is 18.2 Å². The summed E-state index contributed by atoms with van der Waals surface area (Å²) in [4.78, 5) is 0. The molecule has 0 aliphatic heterocycles. The van der Waals surface area contributed by atoms with E-state index in [0.717, 1.165) is 12.8 Å². The van der Waals surface area contributed by atoms with E-state index in [9.17, 15) is 0 Å². The minimum absolute atomic E-state index is 0.0723. The third kappa shape index (κ3) is 3.82. The molecule has 1 aliphatic carbocycles. The number of nitrogens with two attached hydrogens (primary N) is 1. The van der Waals surface area contributed by atoms with E-state index in [1.165, 1.54) is 36.0 Å². The first-order valence-electron chi connectivity index (χ1n) is 7.01. The molecule has 1 fully saturated rings. The minimum atomic E-state index is -0.0723. The number of hydrogen-bond donors (Lipinski definition) is 1. The zero-order valence-corrected chi connectivity index (χ0v) is 11.7. The molecule has 0 heterocycles. The smallest absolute Gasteiger partial charge is 0.0718 e. The van der Waals surface area contributed by atoms with E-state index in [4.69, 9.17) is 10.5 Å². The van der Waals surface area contributed by atoms with E-state index in [2.05, 4.69) is 32.0 Å². The van der Waals surface area contributed by atoms with Gasteiger partial charge in [0.15, 0.2) is 0 Å². The fraction of sp³-hybridized carbons (Fsp3) is 0.625. The molecule has 0 unspecified atom stereocenters. The Balaban J connectivity index is 1.84. The average Bonchev–Trinajstić information content (AvgIpc) is 2.28. The Labute approximate surface area is 111 Å². The Morgan fingerprint density at radius 1 is 1.06 bits per heavy atom. The zero-order valence-electron chi connectivity index (χ0n) is 11.7. The highest BCUT2D eigenvalue weighted by Gasteiger charge is 2.27. The van der Waals surface area contributed by atoms with E-state index in [0.29, 0.717) is 13.2 Å². The van der Waals surface area contributed by atoms with Gasteiger partial charge in [-0.1, -0.05) is 48.6 Å². The number of hydrogen-bond acceptors (Lipinski definition) is 2. The molecular formula is C16H25NO. The van der Waals surface area contributed by atoms with E-state index in [1.54, 1.807) is 0 Å². The van der Waals surface area contributed by atoms with Gasteiger partial charge >= 0.3 is 0 Å². The van der Waals surface area contributed by atoms with Crippen LogP contribution in [-0.2, 0) is 11.3 Å². The quantitative estimate of drug-likeness (QED) is 0.884. The first-order chi connectivity index (χ1) is 8.57. The van der Waals surface area contributed by atoms with Crippen molar-refractivity contribution in [2.24, 2.45) is 5.73 Å². The molecule has 1 aliphatic rings. The van der Waals surface area contributed by atoms with Crippen molar-refractivity contribution in [1.82, 2.24) is 0 Å². The monoisotopic (exact) mass is 247 g/mol. The molecule has 2 N–H and O–H groups in total. The van der Waals surface area contributed by atoms with Gasteiger partial charge in [0.1, 0.15) is 0 Å². The minimum Gasteiger partial charge on any atom is -0.375 e. The van der Waals surface area contributed by atoms with E-state index in [-0.39, 0.29) is 5.54 Å². The normalized spacial score (nSPS) is 18.8. The third-order valence-corrected chi connectivity index (χ3v) is 3.79. The molecule has 0 radical (unpaired) electrons. The van der Waals surface area contributed by atoms with E-state index < -0.39 is 0 Å². The van der Waals surface area contributed by atoms with Crippen molar-refractivity contribution < 1.29 is 4.74 Å². The van der Waals surface area contributed by atoms with Crippen molar-refractivity contribution in [2.75, 3.05) is 6.61 Å².